The van der Waals surface area contributed by atoms with E-state index < -0.39 is 17.7 Å². The number of rotatable bonds is 5. The Balaban J connectivity index is 2.06. The summed E-state index contributed by atoms with van der Waals surface area (Å²) in [5, 5.41) is 14.4. The van der Waals surface area contributed by atoms with Crippen LogP contribution in [0.15, 0.2) is 46.9 Å². The van der Waals surface area contributed by atoms with Gasteiger partial charge >= 0.3 is 0 Å². The molecule has 0 aliphatic rings. The lowest BCUT2D eigenvalue weighted by molar-refractivity contribution is 0.163. The monoisotopic (exact) mass is 407 g/mol. The van der Waals surface area contributed by atoms with Gasteiger partial charge in [-0.25, -0.2) is 18.4 Å². The molecule has 3 aromatic rings. The normalized spacial score (nSPS) is 12.4. The predicted molar refractivity (Wildman–Crippen MR) is 93.5 cm³/mol. The van der Waals surface area contributed by atoms with E-state index in [1.165, 1.54) is 12.1 Å². The van der Waals surface area contributed by atoms with Gasteiger partial charge in [0, 0.05) is 17.0 Å². The molecule has 130 valence electrons. The third kappa shape index (κ3) is 3.93. The Morgan fingerprint density at radius 2 is 2.00 bits per heavy atom. The molecule has 0 aliphatic heterocycles. The predicted octanol–water partition coefficient (Wildman–Crippen LogP) is 4.34. The average molecular weight is 408 g/mol. The summed E-state index contributed by atoms with van der Waals surface area (Å²) >= 11 is 3.41. The average Bonchev–Trinajstić information content (AvgIpc) is 3.00. The molecule has 1 N–H and O–H groups in total. The van der Waals surface area contributed by atoms with E-state index >= 15 is 0 Å². The number of hydrogen-bond acceptors (Lipinski definition) is 3. The third-order valence-electron chi connectivity index (χ3n) is 3.79. The molecular weight excluding hydrogens is 392 g/mol. The number of benzene rings is 2. The first-order valence-corrected chi connectivity index (χ1v) is 8.61. The van der Waals surface area contributed by atoms with Gasteiger partial charge in [-0.3, -0.25) is 0 Å². The maximum atomic E-state index is 14.0. The standard InChI is InChI=1S/C18H16BrF2N3O/c1-2-16(25)18-22-17(8-11-6-7-13(20)10-15(11)21)24(23-18)14-5-3-4-12(19)9-14/h3-7,9-10,16,25H,2,8H2,1H3. The van der Waals surface area contributed by atoms with Crippen molar-refractivity contribution in [3.05, 3.63) is 75.8 Å². The largest absolute Gasteiger partial charge is 0.385 e. The Hall–Kier alpha value is -2.12. The molecule has 0 fully saturated rings. The summed E-state index contributed by atoms with van der Waals surface area (Å²) < 4.78 is 29.6. The van der Waals surface area contributed by atoms with Gasteiger partial charge < -0.3 is 5.11 Å². The zero-order valence-corrected chi connectivity index (χ0v) is 15.0. The maximum absolute atomic E-state index is 14.0. The van der Waals surface area contributed by atoms with Crippen molar-refractivity contribution < 1.29 is 13.9 Å². The van der Waals surface area contributed by atoms with E-state index in [1.807, 2.05) is 31.2 Å². The second kappa shape index (κ2) is 7.41. The van der Waals surface area contributed by atoms with E-state index in [9.17, 15) is 13.9 Å². The number of aliphatic hydroxyl groups excluding tert-OH is 1. The smallest absolute Gasteiger partial charge is 0.179 e. The van der Waals surface area contributed by atoms with Crippen LogP contribution in [0.3, 0.4) is 0 Å². The van der Waals surface area contributed by atoms with Crippen molar-refractivity contribution in [2.45, 2.75) is 25.9 Å². The topological polar surface area (TPSA) is 50.9 Å². The van der Waals surface area contributed by atoms with Crippen LogP contribution in [-0.4, -0.2) is 19.9 Å². The van der Waals surface area contributed by atoms with Crippen LogP contribution in [0.5, 0.6) is 0 Å². The summed E-state index contributed by atoms with van der Waals surface area (Å²) in [7, 11) is 0. The minimum Gasteiger partial charge on any atom is -0.385 e. The van der Waals surface area contributed by atoms with Crippen molar-refractivity contribution in [2.24, 2.45) is 0 Å². The molecule has 0 bridgehead atoms. The van der Waals surface area contributed by atoms with Crippen LogP contribution in [0.1, 0.15) is 36.7 Å². The molecule has 7 heteroatoms. The summed E-state index contributed by atoms with van der Waals surface area (Å²) in [6, 6.07) is 10.9. The quantitative estimate of drug-likeness (QED) is 0.684. The fourth-order valence-corrected chi connectivity index (χ4v) is 2.84. The van der Waals surface area contributed by atoms with Crippen LogP contribution in [0.25, 0.3) is 5.69 Å². The lowest BCUT2D eigenvalue weighted by Gasteiger charge is -2.07. The second-order valence-electron chi connectivity index (χ2n) is 5.61. The molecular formula is C18H16BrF2N3O. The molecule has 0 spiro atoms. The summed E-state index contributed by atoms with van der Waals surface area (Å²) in [5.74, 6) is -0.524. The number of hydrogen-bond donors (Lipinski definition) is 1. The highest BCUT2D eigenvalue weighted by Gasteiger charge is 2.18. The Bertz CT molecular complexity index is 898. The maximum Gasteiger partial charge on any atom is 0.179 e. The van der Waals surface area contributed by atoms with Gasteiger partial charge in [0.15, 0.2) is 5.82 Å². The Morgan fingerprint density at radius 3 is 2.68 bits per heavy atom. The first-order chi connectivity index (χ1) is 12.0. The molecule has 1 unspecified atom stereocenters. The lowest BCUT2D eigenvalue weighted by atomic mass is 10.1. The molecule has 1 aromatic heterocycles. The summed E-state index contributed by atoms with van der Waals surface area (Å²) in [5.41, 5.74) is 1.04. The van der Waals surface area contributed by atoms with Crippen LogP contribution < -0.4 is 0 Å². The van der Waals surface area contributed by atoms with Crippen LogP contribution in [-0.2, 0) is 6.42 Å². The summed E-state index contributed by atoms with van der Waals surface area (Å²) in [6.07, 6.45) is -0.209. The Kier molecular flexibility index (Phi) is 5.24. The second-order valence-corrected chi connectivity index (χ2v) is 6.53. The van der Waals surface area contributed by atoms with Crippen LogP contribution in [0.2, 0.25) is 0 Å². The highest BCUT2D eigenvalue weighted by atomic mass is 79.9. The summed E-state index contributed by atoms with van der Waals surface area (Å²) in [6.45, 7) is 1.82. The Morgan fingerprint density at radius 1 is 1.20 bits per heavy atom. The van der Waals surface area contributed by atoms with Crippen molar-refractivity contribution in [3.8, 4) is 5.69 Å². The highest BCUT2D eigenvalue weighted by Crippen LogP contribution is 2.22. The molecule has 1 atom stereocenters. The highest BCUT2D eigenvalue weighted by molar-refractivity contribution is 9.10. The zero-order chi connectivity index (χ0) is 18.0. The number of aromatic nitrogens is 3. The first-order valence-electron chi connectivity index (χ1n) is 7.81. The van der Waals surface area contributed by atoms with E-state index in [2.05, 4.69) is 26.0 Å². The van der Waals surface area contributed by atoms with Gasteiger partial charge in [0.1, 0.15) is 23.6 Å². The van der Waals surface area contributed by atoms with Crippen molar-refractivity contribution in [1.29, 1.82) is 0 Å². The van der Waals surface area contributed by atoms with Gasteiger partial charge in [0.05, 0.1) is 5.69 Å². The molecule has 25 heavy (non-hydrogen) atoms. The molecule has 0 aliphatic carbocycles. The van der Waals surface area contributed by atoms with Gasteiger partial charge in [0.2, 0.25) is 0 Å². The van der Waals surface area contributed by atoms with E-state index in [0.29, 0.717) is 17.8 Å². The SMILES string of the molecule is CCC(O)c1nc(Cc2ccc(F)cc2F)n(-c2cccc(Br)c2)n1. The Labute approximate surface area is 152 Å². The van der Waals surface area contributed by atoms with Crippen LogP contribution >= 0.6 is 15.9 Å². The molecule has 3 rings (SSSR count). The lowest BCUT2D eigenvalue weighted by Crippen LogP contribution is -2.05. The van der Waals surface area contributed by atoms with Crippen LogP contribution in [0.4, 0.5) is 8.78 Å². The number of nitrogens with zero attached hydrogens (tertiary/aromatic N) is 3. The van der Waals surface area contributed by atoms with Crippen molar-refractivity contribution in [2.75, 3.05) is 0 Å². The molecule has 0 amide bonds. The zero-order valence-electron chi connectivity index (χ0n) is 13.5. The fraction of sp³-hybridized carbons (Fsp3) is 0.222. The van der Waals surface area contributed by atoms with E-state index in [1.54, 1.807) is 4.68 Å². The fourth-order valence-electron chi connectivity index (χ4n) is 2.45. The van der Waals surface area contributed by atoms with Crippen molar-refractivity contribution in [3.63, 3.8) is 0 Å². The number of aliphatic hydroxyl groups is 1. The van der Waals surface area contributed by atoms with E-state index in [4.69, 9.17) is 0 Å². The molecule has 0 saturated heterocycles. The van der Waals surface area contributed by atoms with E-state index in [-0.39, 0.29) is 12.2 Å². The van der Waals surface area contributed by atoms with E-state index in [0.717, 1.165) is 16.2 Å². The number of halogens is 3. The third-order valence-corrected chi connectivity index (χ3v) is 4.28. The molecule has 0 radical (unpaired) electrons. The van der Waals surface area contributed by atoms with Gasteiger partial charge in [-0.1, -0.05) is 35.0 Å². The molecule has 1 heterocycles. The van der Waals surface area contributed by atoms with Crippen LogP contribution in [0, 0.1) is 11.6 Å². The first kappa shape index (κ1) is 17.7. The molecule has 0 saturated carbocycles. The minimum absolute atomic E-state index is 0.127. The van der Waals surface area contributed by atoms with Gasteiger partial charge in [0.25, 0.3) is 0 Å². The van der Waals surface area contributed by atoms with Crippen molar-refractivity contribution >= 4 is 15.9 Å². The van der Waals surface area contributed by atoms with Crippen molar-refractivity contribution in [1.82, 2.24) is 14.8 Å². The van der Waals surface area contributed by atoms with Gasteiger partial charge in [-0.15, -0.1) is 5.10 Å². The molecule has 2 aromatic carbocycles. The van der Waals surface area contributed by atoms with Gasteiger partial charge in [-0.05, 0) is 36.2 Å². The van der Waals surface area contributed by atoms with Gasteiger partial charge in [-0.2, -0.15) is 0 Å². The minimum atomic E-state index is -0.801. The summed E-state index contributed by atoms with van der Waals surface area (Å²) in [4.78, 5) is 4.37. The molecule has 4 nitrogen and oxygen atoms in total.